The molecular weight excluding hydrogens is 217 g/mol. The van der Waals surface area contributed by atoms with E-state index >= 15 is 0 Å². The molecule has 1 fully saturated rings. The molecule has 2 nitrogen and oxygen atoms in total. The van der Waals surface area contributed by atoms with E-state index in [1.807, 2.05) is 4.90 Å². The number of carbonyl (C=O) groups is 1. The number of Topliss-reactive ketones (excluding diaryl/α,β-unsaturated/α-hetero) is 1. The maximum atomic E-state index is 12.7. The zero-order chi connectivity index (χ0) is 12.3. The summed E-state index contributed by atoms with van der Waals surface area (Å²) >= 11 is 0. The lowest BCUT2D eigenvalue weighted by Crippen LogP contribution is -2.33. The van der Waals surface area contributed by atoms with Crippen LogP contribution in [0.5, 0.6) is 0 Å². The summed E-state index contributed by atoms with van der Waals surface area (Å²) in [7, 11) is 0. The summed E-state index contributed by atoms with van der Waals surface area (Å²) in [6, 6.07) is 8.32. The Balaban J connectivity index is 2.02. The lowest BCUT2D eigenvalue weighted by Gasteiger charge is -2.28. The summed E-state index contributed by atoms with van der Waals surface area (Å²) in [4.78, 5) is 14.0. The zero-order valence-electron chi connectivity index (χ0n) is 9.53. The van der Waals surface area contributed by atoms with Gasteiger partial charge in [0.15, 0.2) is 5.78 Å². The van der Waals surface area contributed by atoms with E-state index in [-0.39, 0.29) is 17.5 Å². The Bertz CT molecular complexity index is 438. The minimum Gasteiger partial charge on any atom is -0.333 e. The quantitative estimate of drug-likeness (QED) is 0.575. The molecule has 3 heteroatoms. The number of hydrogen-bond donors (Lipinski definition) is 0. The number of benzene rings is 1. The molecule has 0 aromatic heterocycles. The monoisotopic (exact) mass is 231 g/mol. The fraction of sp³-hybridized carbons (Fsp3) is 0.357. The van der Waals surface area contributed by atoms with E-state index in [9.17, 15) is 9.18 Å². The smallest absolute Gasteiger partial charge is 0.166 e. The van der Waals surface area contributed by atoms with E-state index in [0.29, 0.717) is 5.56 Å². The molecule has 0 aliphatic carbocycles. The molecule has 0 amide bonds. The van der Waals surface area contributed by atoms with Crippen LogP contribution in [-0.4, -0.2) is 23.8 Å². The van der Waals surface area contributed by atoms with Gasteiger partial charge in [0.2, 0.25) is 0 Å². The van der Waals surface area contributed by atoms with Gasteiger partial charge in [-0.2, -0.15) is 0 Å². The number of rotatable bonds is 2. The van der Waals surface area contributed by atoms with Crippen molar-refractivity contribution >= 4 is 5.78 Å². The molecule has 0 unspecified atom stereocenters. The first-order chi connectivity index (χ1) is 8.20. The molecule has 1 aromatic rings. The number of ketones is 1. The summed E-state index contributed by atoms with van der Waals surface area (Å²) in [6.45, 7) is 1.52. The first-order valence-electron chi connectivity index (χ1n) is 5.71. The molecule has 1 aliphatic heterocycles. The number of halogens is 1. The second-order valence-electron chi connectivity index (χ2n) is 4.26. The van der Waals surface area contributed by atoms with E-state index in [1.165, 1.54) is 12.1 Å². The summed E-state index contributed by atoms with van der Waals surface area (Å²) in [5, 5.41) is 0. The Kier molecular flexibility index (Phi) is 3.43. The third-order valence-electron chi connectivity index (χ3n) is 3.18. The van der Waals surface area contributed by atoms with Gasteiger partial charge >= 0.3 is 0 Å². The van der Waals surface area contributed by atoms with Gasteiger partial charge in [-0.15, -0.1) is 0 Å². The van der Waals surface area contributed by atoms with Crippen molar-refractivity contribution in [3.05, 3.63) is 35.6 Å². The van der Waals surface area contributed by atoms with Crippen LogP contribution in [0.15, 0.2) is 24.3 Å². The molecule has 0 spiro atoms. The number of terminal acetylenes is 1. The fourth-order valence-electron chi connectivity index (χ4n) is 2.12. The molecular formula is C14H14FNO. The number of carbonyl (C=O) groups excluding carboxylic acids is 1. The normalized spacial score (nSPS) is 16.6. The van der Waals surface area contributed by atoms with Crippen LogP contribution in [0.2, 0.25) is 0 Å². The van der Waals surface area contributed by atoms with Gasteiger partial charge in [0, 0.05) is 30.6 Å². The van der Waals surface area contributed by atoms with Crippen LogP contribution < -0.4 is 0 Å². The highest BCUT2D eigenvalue weighted by Gasteiger charge is 2.24. The Morgan fingerprint density at radius 3 is 2.41 bits per heavy atom. The van der Waals surface area contributed by atoms with Crippen molar-refractivity contribution < 1.29 is 9.18 Å². The highest BCUT2D eigenvalue weighted by Crippen LogP contribution is 2.21. The molecule has 1 aliphatic rings. The van der Waals surface area contributed by atoms with Crippen LogP contribution in [0.1, 0.15) is 23.2 Å². The van der Waals surface area contributed by atoms with Gasteiger partial charge in [-0.25, -0.2) is 4.39 Å². The second kappa shape index (κ2) is 5.01. The van der Waals surface area contributed by atoms with Crippen LogP contribution in [0, 0.1) is 24.2 Å². The van der Waals surface area contributed by atoms with Gasteiger partial charge in [0.1, 0.15) is 5.82 Å². The Morgan fingerprint density at radius 2 is 1.88 bits per heavy atom. The molecule has 0 saturated carbocycles. The average molecular weight is 231 g/mol. The van der Waals surface area contributed by atoms with Gasteiger partial charge in [0.25, 0.3) is 0 Å². The summed E-state index contributed by atoms with van der Waals surface area (Å²) in [5.74, 6) is -0.199. The summed E-state index contributed by atoms with van der Waals surface area (Å²) < 4.78 is 12.7. The lowest BCUT2D eigenvalue weighted by atomic mass is 9.89. The van der Waals surface area contributed by atoms with E-state index in [4.69, 9.17) is 6.42 Å². The van der Waals surface area contributed by atoms with Crippen molar-refractivity contribution in [3.63, 3.8) is 0 Å². The molecule has 0 radical (unpaired) electrons. The molecule has 1 aromatic carbocycles. The molecule has 88 valence electrons. The lowest BCUT2D eigenvalue weighted by molar-refractivity contribution is 0.0869. The second-order valence-corrected chi connectivity index (χ2v) is 4.26. The molecule has 1 heterocycles. The first-order valence-corrected chi connectivity index (χ1v) is 5.71. The molecule has 0 N–H and O–H groups in total. The predicted molar refractivity (Wildman–Crippen MR) is 63.9 cm³/mol. The van der Waals surface area contributed by atoms with Crippen LogP contribution in [0.3, 0.4) is 0 Å². The third kappa shape index (κ3) is 2.65. The Morgan fingerprint density at radius 1 is 1.29 bits per heavy atom. The topological polar surface area (TPSA) is 20.3 Å². The van der Waals surface area contributed by atoms with Gasteiger partial charge in [0.05, 0.1) is 0 Å². The minimum absolute atomic E-state index is 0.0186. The highest BCUT2D eigenvalue weighted by atomic mass is 19.1. The van der Waals surface area contributed by atoms with Crippen LogP contribution in [0.25, 0.3) is 0 Å². The SMILES string of the molecule is C#CN1CCC(C(=O)c2ccc(F)cc2)CC1. The fourth-order valence-corrected chi connectivity index (χ4v) is 2.12. The Hall–Kier alpha value is -1.82. The number of nitrogens with zero attached hydrogens (tertiary/aromatic N) is 1. The highest BCUT2D eigenvalue weighted by molar-refractivity contribution is 5.97. The van der Waals surface area contributed by atoms with E-state index in [2.05, 4.69) is 6.04 Å². The van der Waals surface area contributed by atoms with E-state index in [0.717, 1.165) is 25.9 Å². The maximum Gasteiger partial charge on any atom is 0.166 e. The standard InChI is InChI=1S/C14H14FNO/c1-2-16-9-7-12(8-10-16)14(17)11-3-5-13(15)6-4-11/h1,3-6,12H,7-10H2. The van der Waals surface area contributed by atoms with Crippen molar-refractivity contribution in [1.29, 1.82) is 0 Å². The van der Waals surface area contributed by atoms with E-state index < -0.39 is 0 Å². The molecule has 1 saturated heterocycles. The van der Waals surface area contributed by atoms with Crippen molar-refractivity contribution in [2.75, 3.05) is 13.1 Å². The number of hydrogen-bond acceptors (Lipinski definition) is 2. The molecule has 2 rings (SSSR count). The van der Waals surface area contributed by atoms with Gasteiger partial charge < -0.3 is 4.90 Å². The van der Waals surface area contributed by atoms with Crippen LogP contribution >= 0.6 is 0 Å². The molecule has 0 atom stereocenters. The molecule has 0 bridgehead atoms. The first kappa shape index (κ1) is 11.7. The maximum absolute atomic E-state index is 12.7. The summed E-state index contributed by atoms with van der Waals surface area (Å²) in [6.07, 6.45) is 6.86. The largest absolute Gasteiger partial charge is 0.333 e. The number of piperidine rings is 1. The van der Waals surface area contributed by atoms with Gasteiger partial charge in [-0.05, 0) is 37.1 Å². The van der Waals surface area contributed by atoms with Crippen molar-refractivity contribution in [3.8, 4) is 12.5 Å². The van der Waals surface area contributed by atoms with Crippen molar-refractivity contribution in [1.82, 2.24) is 4.90 Å². The third-order valence-corrected chi connectivity index (χ3v) is 3.18. The van der Waals surface area contributed by atoms with Crippen molar-refractivity contribution in [2.45, 2.75) is 12.8 Å². The van der Waals surface area contributed by atoms with Crippen molar-refractivity contribution in [2.24, 2.45) is 5.92 Å². The van der Waals surface area contributed by atoms with E-state index in [1.54, 1.807) is 12.1 Å². The van der Waals surface area contributed by atoms with Gasteiger partial charge in [-0.3, -0.25) is 4.79 Å². The van der Waals surface area contributed by atoms with Crippen LogP contribution in [-0.2, 0) is 0 Å². The minimum atomic E-state index is -0.316. The van der Waals surface area contributed by atoms with Gasteiger partial charge in [-0.1, -0.05) is 6.42 Å². The molecule has 17 heavy (non-hydrogen) atoms. The predicted octanol–water partition coefficient (Wildman–Crippen LogP) is 2.31. The Labute approximate surface area is 100 Å². The van der Waals surface area contributed by atoms with Crippen LogP contribution in [0.4, 0.5) is 4.39 Å². The number of likely N-dealkylation sites (tertiary alicyclic amines) is 1. The summed E-state index contributed by atoms with van der Waals surface area (Å²) in [5.41, 5.74) is 0.588. The zero-order valence-corrected chi connectivity index (χ0v) is 9.53. The average Bonchev–Trinajstić information content (AvgIpc) is 2.39.